The first kappa shape index (κ1) is 18.4. The van der Waals surface area contributed by atoms with Gasteiger partial charge in [-0.05, 0) is 55.8 Å². The summed E-state index contributed by atoms with van der Waals surface area (Å²) in [6.45, 7) is 13.6. The Hall–Kier alpha value is -0.973. The minimum atomic E-state index is -1.90. The van der Waals surface area contributed by atoms with E-state index in [0.29, 0.717) is 5.92 Å². The maximum Gasteiger partial charge on any atom is 0.195 e. The number of Topliss-reactive ketones (excluding diaryl/α,β-unsaturated/α-hetero) is 1. The van der Waals surface area contributed by atoms with E-state index in [0.717, 1.165) is 18.4 Å². The molecule has 2 bridgehead atoms. The fourth-order valence-corrected chi connectivity index (χ4v) is 7.24. The van der Waals surface area contributed by atoms with Crippen molar-refractivity contribution in [1.82, 2.24) is 0 Å². The summed E-state index contributed by atoms with van der Waals surface area (Å²) in [5.41, 5.74) is 0.425. The maximum absolute atomic E-state index is 13.8. The lowest BCUT2D eigenvalue weighted by Gasteiger charge is -2.50. The predicted molar refractivity (Wildman–Crippen MR) is 105 cm³/mol. The molecule has 142 valence electrons. The van der Waals surface area contributed by atoms with Gasteiger partial charge in [0.05, 0.1) is 0 Å². The first-order valence-electron chi connectivity index (χ1n) is 9.97. The molecule has 2 saturated carbocycles. The van der Waals surface area contributed by atoms with Gasteiger partial charge in [0.25, 0.3) is 0 Å². The van der Waals surface area contributed by atoms with Crippen molar-refractivity contribution >= 4 is 14.1 Å². The van der Waals surface area contributed by atoms with Gasteiger partial charge >= 0.3 is 0 Å². The van der Waals surface area contributed by atoms with Crippen LogP contribution in [0.4, 0.5) is 0 Å². The van der Waals surface area contributed by atoms with Gasteiger partial charge in [0.2, 0.25) is 0 Å². The van der Waals surface area contributed by atoms with Crippen molar-refractivity contribution in [2.24, 2.45) is 16.7 Å². The maximum atomic E-state index is 13.8. The number of carbonyl (C=O) groups is 1. The van der Waals surface area contributed by atoms with Crippen molar-refractivity contribution in [3.05, 3.63) is 35.9 Å². The van der Waals surface area contributed by atoms with Gasteiger partial charge in [-0.1, -0.05) is 51.1 Å². The first-order valence-corrected chi connectivity index (χ1v) is 13.4. The third kappa shape index (κ3) is 2.41. The predicted octanol–water partition coefficient (Wildman–Crippen LogP) is 5.13. The van der Waals surface area contributed by atoms with Crippen LogP contribution < -0.4 is 0 Å². The molecule has 1 aromatic carbocycles. The summed E-state index contributed by atoms with van der Waals surface area (Å²) in [7, 11) is -1.90. The molecule has 26 heavy (non-hydrogen) atoms. The summed E-state index contributed by atoms with van der Waals surface area (Å²) < 4.78 is 12.7. The van der Waals surface area contributed by atoms with E-state index in [2.05, 4.69) is 52.5 Å². The highest BCUT2D eigenvalue weighted by atomic mass is 28.4. The van der Waals surface area contributed by atoms with Gasteiger partial charge in [-0.3, -0.25) is 4.79 Å². The van der Waals surface area contributed by atoms with Crippen LogP contribution in [0.25, 0.3) is 0 Å². The monoisotopic (exact) mass is 372 g/mol. The van der Waals surface area contributed by atoms with E-state index in [1.807, 2.05) is 18.2 Å². The first-order chi connectivity index (χ1) is 12.0. The molecule has 1 saturated heterocycles. The summed E-state index contributed by atoms with van der Waals surface area (Å²) in [6.07, 6.45) is 2.70. The third-order valence-electron chi connectivity index (χ3n) is 7.62. The van der Waals surface area contributed by atoms with Crippen molar-refractivity contribution in [2.75, 3.05) is 0 Å². The number of hydrogen-bond donors (Lipinski definition) is 0. The lowest BCUT2D eigenvalue weighted by molar-refractivity contribution is -0.152. The SMILES string of the molecule is CC1(C)[C@@H]2CC[C@@]1(C)[C@@](O[Si](C)(C)C)(C(=O)[C@@H]1O[C@@H]1c1ccccc1)C2. The van der Waals surface area contributed by atoms with Gasteiger partial charge < -0.3 is 9.16 Å². The van der Waals surface area contributed by atoms with E-state index in [-0.39, 0.29) is 28.8 Å². The van der Waals surface area contributed by atoms with Crippen LogP contribution in [-0.4, -0.2) is 25.8 Å². The van der Waals surface area contributed by atoms with Crippen LogP contribution >= 0.6 is 0 Å². The molecule has 0 unspecified atom stereocenters. The van der Waals surface area contributed by atoms with Crippen LogP contribution in [0.15, 0.2) is 30.3 Å². The van der Waals surface area contributed by atoms with Gasteiger partial charge in [0, 0.05) is 5.41 Å². The molecule has 1 aromatic rings. The number of hydrogen-bond acceptors (Lipinski definition) is 3. The Morgan fingerprint density at radius 3 is 2.31 bits per heavy atom. The molecule has 3 aliphatic rings. The van der Waals surface area contributed by atoms with Crippen molar-refractivity contribution in [1.29, 1.82) is 0 Å². The molecule has 1 aliphatic heterocycles. The smallest absolute Gasteiger partial charge is 0.195 e. The Morgan fingerprint density at radius 1 is 1.15 bits per heavy atom. The van der Waals surface area contributed by atoms with Crippen LogP contribution in [0.2, 0.25) is 19.6 Å². The zero-order valence-electron chi connectivity index (χ0n) is 17.0. The zero-order chi connectivity index (χ0) is 19.0. The van der Waals surface area contributed by atoms with E-state index < -0.39 is 13.9 Å². The summed E-state index contributed by atoms with van der Waals surface area (Å²) in [6, 6.07) is 10.1. The minimum Gasteiger partial charge on any atom is -0.404 e. The van der Waals surface area contributed by atoms with E-state index in [4.69, 9.17) is 9.16 Å². The molecule has 0 amide bonds. The second-order valence-electron chi connectivity index (χ2n) is 10.3. The fraction of sp³-hybridized carbons (Fsp3) is 0.682. The number of carbonyl (C=O) groups excluding carboxylic acids is 1. The number of benzene rings is 1. The summed E-state index contributed by atoms with van der Waals surface area (Å²) >= 11 is 0. The molecular formula is C22H32O3Si. The van der Waals surface area contributed by atoms with Crippen LogP contribution in [0.3, 0.4) is 0 Å². The largest absolute Gasteiger partial charge is 0.404 e. The second kappa shape index (κ2) is 5.52. The molecule has 0 aromatic heterocycles. The third-order valence-corrected chi connectivity index (χ3v) is 8.58. The molecule has 0 N–H and O–H groups in total. The number of rotatable bonds is 5. The van der Waals surface area contributed by atoms with Crippen molar-refractivity contribution in [3.63, 3.8) is 0 Å². The average molecular weight is 373 g/mol. The number of fused-ring (bicyclic) bond motifs is 2. The molecule has 4 rings (SSSR count). The summed E-state index contributed by atoms with van der Waals surface area (Å²) in [4.78, 5) is 13.8. The molecule has 5 atom stereocenters. The van der Waals surface area contributed by atoms with Crippen molar-refractivity contribution < 1.29 is 14.0 Å². The van der Waals surface area contributed by atoms with Crippen molar-refractivity contribution in [2.45, 2.75) is 77.5 Å². The van der Waals surface area contributed by atoms with Gasteiger partial charge in [-0.2, -0.15) is 0 Å². The van der Waals surface area contributed by atoms with Gasteiger partial charge in [-0.15, -0.1) is 0 Å². The highest BCUT2D eigenvalue weighted by Gasteiger charge is 2.74. The van der Waals surface area contributed by atoms with Gasteiger partial charge in [-0.25, -0.2) is 0 Å². The van der Waals surface area contributed by atoms with Crippen LogP contribution in [0.5, 0.6) is 0 Å². The lowest BCUT2D eigenvalue weighted by atomic mass is 9.62. The van der Waals surface area contributed by atoms with Gasteiger partial charge in [0.1, 0.15) is 17.8 Å². The number of ketones is 1. The Morgan fingerprint density at radius 2 is 1.81 bits per heavy atom. The van der Waals surface area contributed by atoms with Gasteiger partial charge in [0.15, 0.2) is 14.1 Å². The highest BCUT2D eigenvalue weighted by molar-refractivity contribution is 6.70. The van der Waals surface area contributed by atoms with Crippen molar-refractivity contribution in [3.8, 4) is 0 Å². The zero-order valence-corrected chi connectivity index (χ0v) is 18.0. The second-order valence-corrected chi connectivity index (χ2v) is 14.7. The molecule has 0 spiro atoms. The quantitative estimate of drug-likeness (QED) is 0.531. The Kier molecular flexibility index (Phi) is 3.91. The summed E-state index contributed by atoms with van der Waals surface area (Å²) in [5.74, 6) is 0.758. The van der Waals surface area contributed by atoms with Crippen LogP contribution in [0.1, 0.15) is 51.7 Å². The van der Waals surface area contributed by atoms with E-state index in [1.54, 1.807) is 0 Å². The molecule has 3 fully saturated rings. The normalized spacial score (nSPS) is 40.6. The average Bonchev–Trinajstić information content (AvgIpc) is 3.29. The number of ether oxygens (including phenoxy) is 1. The Balaban J connectivity index is 1.69. The molecule has 2 aliphatic carbocycles. The topological polar surface area (TPSA) is 38.8 Å². The molecule has 3 nitrogen and oxygen atoms in total. The molecule has 0 radical (unpaired) electrons. The van der Waals surface area contributed by atoms with E-state index in [1.165, 1.54) is 6.42 Å². The van der Waals surface area contributed by atoms with E-state index in [9.17, 15) is 4.79 Å². The van der Waals surface area contributed by atoms with E-state index >= 15 is 0 Å². The van der Waals surface area contributed by atoms with Crippen LogP contribution in [0, 0.1) is 16.7 Å². The highest BCUT2D eigenvalue weighted by Crippen LogP contribution is 2.72. The lowest BCUT2D eigenvalue weighted by Crippen LogP contribution is -2.60. The molecule has 4 heteroatoms. The summed E-state index contributed by atoms with van der Waals surface area (Å²) in [5, 5.41) is 0. The Labute approximate surface area is 158 Å². The Bertz CT molecular complexity index is 723. The number of epoxide rings is 1. The van der Waals surface area contributed by atoms with Crippen LogP contribution in [-0.2, 0) is 14.0 Å². The minimum absolute atomic E-state index is 0.100. The molecule has 1 heterocycles. The fourth-order valence-electron chi connectivity index (χ4n) is 5.79. The standard InChI is InChI=1S/C22H32O3Si/c1-20(2)16-12-13-21(20,3)22(14-16,25-26(4,5)6)19(23)18-17(24-18)15-10-8-7-9-11-15/h7-11,16-18H,12-14H2,1-6H3/t16-,17-,18-,21-,22+/m1/s1. The molecular weight excluding hydrogens is 340 g/mol.